The highest BCUT2D eigenvalue weighted by atomic mass is 16.5. The van der Waals surface area contributed by atoms with Crippen molar-refractivity contribution in [3.05, 3.63) is 18.2 Å². The van der Waals surface area contributed by atoms with E-state index < -0.39 is 0 Å². The van der Waals surface area contributed by atoms with E-state index in [1.807, 2.05) is 25.2 Å². The van der Waals surface area contributed by atoms with Crippen LogP contribution in [0.4, 0.5) is 11.4 Å². The van der Waals surface area contributed by atoms with Crippen LogP contribution in [0, 0.1) is 0 Å². The Bertz CT molecular complexity index is 442. The normalized spacial score (nSPS) is 15.3. The molecule has 1 amide bonds. The molecule has 104 valence electrons. The summed E-state index contributed by atoms with van der Waals surface area (Å²) in [4.78, 5) is 14.1. The first-order valence-electron chi connectivity index (χ1n) is 6.61. The Balaban J connectivity index is 1.96. The molecular formula is C14H21N3O2. The minimum absolute atomic E-state index is 0.0289. The van der Waals surface area contributed by atoms with Crippen molar-refractivity contribution >= 4 is 17.3 Å². The van der Waals surface area contributed by atoms with E-state index in [0.717, 1.165) is 30.2 Å². The van der Waals surface area contributed by atoms with Gasteiger partial charge in [-0.1, -0.05) is 0 Å². The maximum atomic E-state index is 11.9. The number of methoxy groups -OCH3 is 1. The van der Waals surface area contributed by atoms with E-state index in [0.29, 0.717) is 6.54 Å². The van der Waals surface area contributed by atoms with Crippen LogP contribution in [0.3, 0.4) is 0 Å². The Labute approximate surface area is 113 Å². The summed E-state index contributed by atoms with van der Waals surface area (Å²) in [5, 5.41) is 5.95. The molecule has 5 nitrogen and oxygen atoms in total. The molecule has 1 saturated heterocycles. The molecule has 0 saturated carbocycles. The lowest BCUT2D eigenvalue weighted by Crippen LogP contribution is -2.30. The Morgan fingerprint density at radius 1 is 1.37 bits per heavy atom. The van der Waals surface area contributed by atoms with Crippen molar-refractivity contribution in [3.8, 4) is 5.75 Å². The van der Waals surface area contributed by atoms with Gasteiger partial charge in [0.05, 0.1) is 19.3 Å². The average molecular weight is 263 g/mol. The Morgan fingerprint density at radius 3 is 2.74 bits per heavy atom. The van der Waals surface area contributed by atoms with Gasteiger partial charge in [-0.15, -0.1) is 0 Å². The lowest BCUT2D eigenvalue weighted by molar-refractivity contribution is -0.117. The number of carbonyl (C=O) groups excluding carboxylic acids is 1. The molecule has 0 radical (unpaired) electrons. The summed E-state index contributed by atoms with van der Waals surface area (Å²) in [5.74, 6) is 0.752. The summed E-state index contributed by atoms with van der Waals surface area (Å²) >= 11 is 0. The second-order valence-electron chi connectivity index (χ2n) is 4.70. The number of amides is 1. The van der Waals surface area contributed by atoms with Gasteiger partial charge in [-0.25, -0.2) is 0 Å². The van der Waals surface area contributed by atoms with Crippen LogP contribution in [-0.2, 0) is 4.79 Å². The molecule has 19 heavy (non-hydrogen) atoms. The van der Waals surface area contributed by atoms with Gasteiger partial charge in [0.2, 0.25) is 5.91 Å². The molecule has 0 atom stereocenters. The predicted octanol–water partition coefficient (Wildman–Crippen LogP) is 1.77. The molecule has 0 spiro atoms. The number of ether oxygens (including phenoxy) is 1. The molecule has 5 heteroatoms. The monoisotopic (exact) mass is 263 g/mol. The maximum absolute atomic E-state index is 11.9. The number of carbonyl (C=O) groups is 1. The van der Waals surface area contributed by atoms with Gasteiger partial charge in [0.15, 0.2) is 0 Å². The van der Waals surface area contributed by atoms with E-state index in [1.54, 1.807) is 7.11 Å². The summed E-state index contributed by atoms with van der Waals surface area (Å²) in [6, 6.07) is 5.59. The van der Waals surface area contributed by atoms with Gasteiger partial charge in [-0.05, 0) is 38.1 Å². The first kappa shape index (κ1) is 13.7. The number of nitrogens with one attached hydrogen (secondary N) is 2. The number of hydrogen-bond acceptors (Lipinski definition) is 4. The van der Waals surface area contributed by atoms with Crippen molar-refractivity contribution in [2.75, 3.05) is 44.4 Å². The van der Waals surface area contributed by atoms with E-state index in [9.17, 15) is 4.79 Å². The molecular weight excluding hydrogens is 242 g/mol. The fourth-order valence-electron chi connectivity index (χ4n) is 2.32. The number of nitrogens with zero attached hydrogens (tertiary/aromatic N) is 1. The van der Waals surface area contributed by atoms with Crippen molar-refractivity contribution in [2.24, 2.45) is 0 Å². The van der Waals surface area contributed by atoms with Crippen molar-refractivity contribution in [2.45, 2.75) is 12.8 Å². The molecule has 0 unspecified atom stereocenters. The topological polar surface area (TPSA) is 53.6 Å². The molecule has 1 aromatic rings. The summed E-state index contributed by atoms with van der Waals surface area (Å²) in [7, 11) is 3.45. The van der Waals surface area contributed by atoms with E-state index >= 15 is 0 Å². The van der Waals surface area contributed by atoms with Crippen LogP contribution in [0.15, 0.2) is 18.2 Å². The zero-order valence-electron chi connectivity index (χ0n) is 11.5. The third kappa shape index (κ3) is 3.61. The Hall–Kier alpha value is -1.75. The second-order valence-corrected chi connectivity index (χ2v) is 4.70. The van der Waals surface area contributed by atoms with Crippen LogP contribution in [0.5, 0.6) is 5.75 Å². The summed E-state index contributed by atoms with van der Waals surface area (Å²) in [6.07, 6.45) is 2.38. The smallest absolute Gasteiger partial charge is 0.238 e. The second kappa shape index (κ2) is 6.43. The van der Waals surface area contributed by atoms with Crippen LogP contribution in [0.25, 0.3) is 0 Å². The summed E-state index contributed by atoms with van der Waals surface area (Å²) in [5.41, 5.74) is 1.67. The highest BCUT2D eigenvalue weighted by molar-refractivity contribution is 5.92. The fourth-order valence-corrected chi connectivity index (χ4v) is 2.32. The number of likely N-dealkylation sites (tertiary alicyclic amines) is 1. The van der Waals surface area contributed by atoms with E-state index in [-0.39, 0.29) is 5.91 Å². The lowest BCUT2D eigenvalue weighted by atomic mass is 10.2. The molecule has 1 fully saturated rings. The molecule has 2 N–H and O–H groups in total. The Morgan fingerprint density at radius 2 is 2.11 bits per heavy atom. The molecule has 0 aromatic heterocycles. The van der Waals surface area contributed by atoms with E-state index in [4.69, 9.17) is 4.74 Å². The summed E-state index contributed by atoms with van der Waals surface area (Å²) < 4.78 is 5.27. The van der Waals surface area contributed by atoms with Crippen molar-refractivity contribution in [1.82, 2.24) is 4.90 Å². The maximum Gasteiger partial charge on any atom is 0.238 e. The van der Waals surface area contributed by atoms with Crippen LogP contribution < -0.4 is 15.4 Å². The number of anilines is 2. The minimum atomic E-state index is 0.0289. The first-order valence-corrected chi connectivity index (χ1v) is 6.61. The molecule has 1 aromatic carbocycles. The van der Waals surface area contributed by atoms with Crippen molar-refractivity contribution in [1.29, 1.82) is 0 Å². The van der Waals surface area contributed by atoms with Crippen LogP contribution >= 0.6 is 0 Å². The lowest BCUT2D eigenvalue weighted by Gasteiger charge is -2.15. The quantitative estimate of drug-likeness (QED) is 0.850. The number of benzene rings is 1. The third-order valence-electron chi connectivity index (χ3n) is 3.32. The van der Waals surface area contributed by atoms with Gasteiger partial charge >= 0.3 is 0 Å². The van der Waals surface area contributed by atoms with Gasteiger partial charge < -0.3 is 15.4 Å². The third-order valence-corrected chi connectivity index (χ3v) is 3.32. The van der Waals surface area contributed by atoms with Crippen LogP contribution in [0.1, 0.15) is 12.8 Å². The van der Waals surface area contributed by atoms with Gasteiger partial charge in [0.25, 0.3) is 0 Å². The fraction of sp³-hybridized carbons (Fsp3) is 0.500. The van der Waals surface area contributed by atoms with Gasteiger partial charge in [-0.3, -0.25) is 9.69 Å². The highest BCUT2D eigenvalue weighted by Crippen LogP contribution is 2.27. The Kier molecular flexibility index (Phi) is 4.63. The molecule has 2 rings (SSSR count). The molecule has 1 aliphatic heterocycles. The highest BCUT2D eigenvalue weighted by Gasteiger charge is 2.15. The standard InChI is InChI=1S/C14H21N3O2/c1-15-12-6-5-11(9-13(12)19-2)16-14(18)10-17-7-3-4-8-17/h5-6,9,15H,3-4,7-8,10H2,1-2H3,(H,16,18). The SMILES string of the molecule is CNc1ccc(NC(=O)CN2CCCC2)cc1OC. The van der Waals surface area contributed by atoms with Crippen molar-refractivity contribution in [3.63, 3.8) is 0 Å². The van der Waals surface area contributed by atoms with Crippen molar-refractivity contribution < 1.29 is 9.53 Å². The minimum Gasteiger partial charge on any atom is -0.495 e. The van der Waals surface area contributed by atoms with Crippen LogP contribution in [0.2, 0.25) is 0 Å². The largest absolute Gasteiger partial charge is 0.495 e. The van der Waals surface area contributed by atoms with E-state index in [2.05, 4.69) is 15.5 Å². The van der Waals surface area contributed by atoms with Crippen LogP contribution in [-0.4, -0.2) is 44.6 Å². The van der Waals surface area contributed by atoms with E-state index in [1.165, 1.54) is 12.8 Å². The van der Waals surface area contributed by atoms with Gasteiger partial charge in [-0.2, -0.15) is 0 Å². The van der Waals surface area contributed by atoms with Gasteiger partial charge in [0, 0.05) is 18.8 Å². The predicted molar refractivity (Wildman–Crippen MR) is 76.8 cm³/mol. The summed E-state index contributed by atoms with van der Waals surface area (Å²) in [6.45, 7) is 2.51. The molecule has 1 heterocycles. The number of hydrogen-bond donors (Lipinski definition) is 2. The molecule has 1 aliphatic rings. The number of rotatable bonds is 5. The molecule has 0 aliphatic carbocycles. The molecule has 0 bridgehead atoms. The first-order chi connectivity index (χ1) is 9.22. The zero-order chi connectivity index (χ0) is 13.7. The average Bonchev–Trinajstić information content (AvgIpc) is 2.91. The van der Waals surface area contributed by atoms with Gasteiger partial charge in [0.1, 0.15) is 5.75 Å². The zero-order valence-corrected chi connectivity index (χ0v) is 11.5.